The molecule has 0 radical (unpaired) electrons. The van der Waals surface area contributed by atoms with Gasteiger partial charge in [-0.05, 0) is 37.5 Å². The van der Waals surface area contributed by atoms with E-state index in [4.69, 9.17) is 4.42 Å². The molecule has 0 bridgehead atoms. The van der Waals surface area contributed by atoms with Gasteiger partial charge in [-0.25, -0.2) is 14.4 Å². The second-order valence-electron chi connectivity index (χ2n) is 7.10. The van der Waals surface area contributed by atoms with E-state index in [0.717, 1.165) is 24.1 Å². The smallest absolute Gasteiger partial charge is 0.274 e. The first-order valence-electron chi connectivity index (χ1n) is 9.35. The molecule has 1 saturated heterocycles. The average molecular weight is 380 g/mol. The number of likely N-dealkylation sites (tertiary alicyclic amines) is 1. The SMILES string of the molecule is Cc1cnc(C(=O)N2CCC[C@H](c3ncc(Cc4cccc(F)c4)o3)C2)cn1. The van der Waals surface area contributed by atoms with Crippen LogP contribution in [0.2, 0.25) is 0 Å². The number of amides is 1. The zero-order chi connectivity index (χ0) is 19.5. The van der Waals surface area contributed by atoms with E-state index in [1.165, 1.54) is 18.3 Å². The number of halogens is 1. The topological polar surface area (TPSA) is 72.1 Å². The fourth-order valence-electron chi connectivity index (χ4n) is 3.47. The number of oxazole rings is 1. The zero-order valence-corrected chi connectivity index (χ0v) is 15.6. The number of rotatable bonds is 4. The Morgan fingerprint density at radius 3 is 2.93 bits per heavy atom. The van der Waals surface area contributed by atoms with Crippen LogP contribution in [0, 0.1) is 12.7 Å². The van der Waals surface area contributed by atoms with Crippen molar-refractivity contribution in [2.24, 2.45) is 0 Å². The van der Waals surface area contributed by atoms with Crippen LogP contribution in [0.25, 0.3) is 0 Å². The molecular formula is C21H21FN4O2. The molecule has 3 heterocycles. The van der Waals surface area contributed by atoms with Crippen molar-refractivity contribution in [2.75, 3.05) is 13.1 Å². The van der Waals surface area contributed by atoms with Crippen LogP contribution in [0.1, 0.15) is 52.2 Å². The van der Waals surface area contributed by atoms with Crippen LogP contribution >= 0.6 is 0 Å². The second-order valence-corrected chi connectivity index (χ2v) is 7.10. The van der Waals surface area contributed by atoms with Gasteiger partial charge in [-0.15, -0.1) is 0 Å². The highest BCUT2D eigenvalue weighted by molar-refractivity contribution is 5.92. The third-order valence-electron chi connectivity index (χ3n) is 4.90. The summed E-state index contributed by atoms with van der Waals surface area (Å²) in [7, 11) is 0. The Bertz CT molecular complexity index is 971. The lowest BCUT2D eigenvalue weighted by Gasteiger charge is -2.31. The van der Waals surface area contributed by atoms with Crippen LogP contribution in [0.3, 0.4) is 0 Å². The van der Waals surface area contributed by atoms with Crippen molar-refractivity contribution in [1.29, 1.82) is 0 Å². The molecule has 28 heavy (non-hydrogen) atoms. The van der Waals surface area contributed by atoms with Crippen LogP contribution in [0.15, 0.2) is 47.3 Å². The van der Waals surface area contributed by atoms with Gasteiger partial charge >= 0.3 is 0 Å². The summed E-state index contributed by atoms with van der Waals surface area (Å²) < 4.78 is 19.3. The number of piperidine rings is 1. The van der Waals surface area contributed by atoms with Crippen molar-refractivity contribution in [3.8, 4) is 0 Å². The molecule has 1 fully saturated rings. The van der Waals surface area contributed by atoms with Crippen molar-refractivity contribution in [3.05, 3.63) is 77.3 Å². The molecule has 7 heteroatoms. The van der Waals surface area contributed by atoms with Gasteiger partial charge in [-0.2, -0.15) is 0 Å². The Morgan fingerprint density at radius 1 is 1.25 bits per heavy atom. The van der Waals surface area contributed by atoms with E-state index in [9.17, 15) is 9.18 Å². The normalized spacial score (nSPS) is 16.9. The van der Waals surface area contributed by atoms with Gasteiger partial charge in [0.25, 0.3) is 5.91 Å². The molecule has 0 aliphatic carbocycles. The molecule has 3 aromatic rings. The lowest BCUT2D eigenvalue weighted by atomic mass is 9.98. The van der Waals surface area contributed by atoms with Crippen molar-refractivity contribution in [1.82, 2.24) is 19.9 Å². The minimum Gasteiger partial charge on any atom is -0.445 e. The number of hydrogen-bond donors (Lipinski definition) is 0. The third kappa shape index (κ3) is 4.08. The van der Waals surface area contributed by atoms with Crippen molar-refractivity contribution in [2.45, 2.75) is 32.1 Å². The molecule has 0 N–H and O–H groups in total. The van der Waals surface area contributed by atoms with E-state index < -0.39 is 0 Å². The summed E-state index contributed by atoms with van der Waals surface area (Å²) >= 11 is 0. The predicted octanol–water partition coefficient (Wildman–Crippen LogP) is 3.52. The molecule has 1 atom stereocenters. The monoisotopic (exact) mass is 380 g/mol. The molecular weight excluding hydrogens is 359 g/mol. The van der Waals surface area contributed by atoms with Crippen molar-refractivity contribution < 1.29 is 13.6 Å². The first kappa shape index (κ1) is 18.3. The number of benzene rings is 1. The summed E-state index contributed by atoms with van der Waals surface area (Å²) in [5, 5.41) is 0. The molecule has 1 amide bonds. The summed E-state index contributed by atoms with van der Waals surface area (Å²) in [6, 6.07) is 6.45. The van der Waals surface area contributed by atoms with E-state index >= 15 is 0 Å². The van der Waals surface area contributed by atoms with Crippen LogP contribution in [-0.2, 0) is 6.42 Å². The zero-order valence-electron chi connectivity index (χ0n) is 15.6. The maximum Gasteiger partial charge on any atom is 0.274 e. The van der Waals surface area contributed by atoms with E-state index in [2.05, 4.69) is 15.0 Å². The van der Waals surface area contributed by atoms with Gasteiger partial charge in [-0.1, -0.05) is 12.1 Å². The number of aryl methyl sites for hydroxylation is 1. The largest absolute Gasteiger partial charge is 0.445 e. The van der Waals surface area contributed by atoms with Gasteiger partial charge in [0.15, 0.2) is 5.89 Å². The van der Waals surface area contributed by atoms with E-state index in [-0.39, 0.29) is 17.6 Å². The fraction of sp³-hybridized carbons (Fsp3) is 0.333. The molecule has 1 aliphatic rings. The summed E-state index contributed by atoms with van der Waals surface area (Å²) in [5.41, 5.74) is 1.96. The van der Waals surface area contributed by atoms with Crippen molar-refractivity contribution >= 4 is 5.91 Å². The lowest BCUT2D eigenvalue weighted by molar-refractivity contribution is 0.0691. The minimum atomic E-state index is -0.266. The third-order valence-corrected chi connectivity index (χ3v) is 4.90. The number of nitrogens with zero attached hydrogens (tertiary/aromatic N) is 4. The molecule has 0 saturated carbocycles. The fourth-order valence-corrected chi connectivity index (χ4v) is 3.47. The Balaban J connectivity index is 1.44. The maximum absolute atomic E-state index is 13.4. The number of hydrogen-bond acceptors (Lipinski definition) is 5. The quantitative estimate of drug-likeness (QED) is 0.692. The Labute approximate surface area is 162 Å². The second kappa shape index (κ2) is 7.88. The van der Waals surface area contributed by atoms with Crippen LogP contribution < -0.4 is 0 Å². The van der Waals surface area contributed by atoms with Gasteiger partial charge < -0.3 is 9.32 Å². The molecule has 1 aliphatic heterocycles. The number of carbonyl (C=O) groups is 1. The molecule has 2 aromatic heterocycles. The van der Waals surface area contributed by atoms with Gasteiger partial charge in [-0.3, -0.25) is 9.78 Å². The Morgan fingerprint density at radius 2 is 2.14 bits per heavy atom. The summed E-state index contributed by atoms with van der Waals surface area (Å²) in [6.45, 7) is 3.05. The average Bonchev–Trinajstić information content (AvgIpc) is 3.17. The molecule has 4 rings (SSSR count). The van der Waals surface area contributed by atoms with Crippen molar-refractivity contribution in [3.63, 3.8) is 0 Å². The first-order valence-corrected chi connectivity index (χ1v) is 9.35. The maximum atomic E-state index is 13.4. The van der Waals surface area contributed by atoms with Gasteiger partial charge in [0.2, 0.25) is 0 Å². The molecule has 144 valence electrons. The first-order chi connectivity index (χ1) is 13.6. The van der Waals surface area contributed by atoms with Gasteiger partial charge in [0, 0.05) is 25.7 Å². The summed E-state index contributed by atoms with van der Waals surface area (Å²) in [6.07, 6.45) is 7.07. The summed E-state index contributed by atoms with van der Waals surface area (Å²) in [5.74, 6) is 0.964. The minimum absolute atomic E-state index is 0.0392. The summed E-state index contributed by atoms with van der Waals surface area (Å²) in [4.78, 5) is 27.2. The van der Waals surface area contributed by atoms with Gasteiger partial charge in [0.05, 0.1) is 24.0 Å². The standard InChI is InChI=1S/C21H21FN4O2/c1-14-10-24-19(12-23-14)21(27)26-7-3-5-16(13-26)20-25-11-18(28-20)9-15-4-2-6-17(22)8-15/h2,4,6,8,10-12,16H,3,5,7,9,13H2,1H3/t16-/m0/s1. The molecule has 6 nitrogen and oxygen atoms in total. The molecule has 0 unspecified atom stereocenters. The predicted molar refractivity (Wildman–Crippen MR) is 100 cm³/mol. The highest BCUT2D eigenvalue weighted by Gasteiger charge is 2.29. The molecule has 0 spiro atoms. The van der Waals surface area contributed by atoms with Crippen LogP contribution in [0.4, 0.5) is 4.39 Å². The van der Waals surface area contributed by atoms with Gasteiger partial charge in [0.1, 0.15) is 17.3 Å². The number of carbonyl (C=O) groups excluding carboxylic acids is 1. The Kier molecular flexibility index (Phi) is 5.14. The van der Waals surface area contributed by atoms with E-state index in [1.807, 2.05) is 13.0 Å². The highest BCUT2D eigenvalue weighted by Crippen LogP contribution is 2.28. The number of aromatic nitrogens is 3. The van der Waals surface area contributed by atoms with Crippen LogP contribution in [0.5, 0.6) is 0 Å². The van der Waals surface area contributed by atoms with E-state index in [1.54, 1.807) is 23.4 Å². The Hall–Kier alpha value is -3.09. The van der Waals surface area contributed by atoms with E-state index in [0.29, 0.717) is 36.9 Å². The lowest BCUT2D eigenvalue weighted by Crippen LogP contribution is -2.39. The van der Waals surface area contributed by atoms with Crippen LogP contribution in [-0.4, -0.2) is 38.8 Å². The highest BCUT2D eigenvalue weighted by atomic mass is 19.1. The molecule has 1 aromatic carbocycles.